The van der Waals surface area contributed by atoms with Crippen molar-refractivity contribution in [3.05, 3.63) is 145 Å². The molecular weight excluding hydrogens is 572 g/mol. The maximum atomic E-state index is 6.05. The summed E-state index contributed by atoms with van der Waals surface area (Å²) in [5.41, 5.74) is 3.25. The number of benzene rings is 2. The quantitative estimate of drug-likeness (QED) is 0.119. The molecule has 1 unspecified atom stereocenters. The molecule has 2 aromatic heterocycles. The average Bonchev–Trinajstić information content (AvgIpc) is 3.80. The van der Waals surface area contributed by atoms with Crippen molar-refractivity contribution in [1.29, 1.82) is 0 Å². The van der Waals surface area contributed by atoms with Gasteiger partial charge in [-0.15, -0.1) is 10.9 Å². The van der Waals surface area contributed by atoms with Crippen LogP contribution in [0.25, 0.3) is 0 Å². The zero-order valence-electron chi connectivity index (χ0n) is 22.9. The molecule has 0 N–H and O–H groups in total. The molecule has 2 heterocycles. The van der Waals surface area contributed by atoms with Gasteiger partial charge in [-0.25, -0.2) is 6.07 Å². The predicted octanol–water partition coefficient (Wildman–Crippen LogP) is 6.13. The molecule has 6 heteroatoms. The van der Waals surface area contributed by atoms with E-state index in [1.807, 2.05) is 42.5 Å². The van der Waals surface area contributed by atoms with Crippen molar-refractivity contribution in [2.75, 3.05) is 14.1 Å². The van der Waals surface area contributed by atoms with Gasteiger partial charge in [0.15, 0.2) is 0 Å². The first-order valence-corrected chi connectivity index (χ1v) is 15.7. The second-order valence-electron chi connectivity index (χ2n) is 9.37. The summed E-state index contributed by atoms with van der Waals surface area (Å²) in [5, 5.41) is 5.40. The summed E-state index contributed by atoms with van der Waals surface area (Å²) in [5.74, 6) is 0. The molecule has 0 aliphatic heterocycles. The molecule has 0 saturated heterocycles. The Labute approximate surface area is 250 Å². The molecule has 0 amide bonds. The zero-order valence-corrected chi connectivity index (χ0v) is 25.8. The smallest absolute Gasteiger partial charge is 0.135 e. The van der Waals surface area contributed by atoms with Gasteiger partial charge in [-0.1, -0.05) is 75.5 Å². The fourth-order valence-corrected chi connectivity index (χ4v) is 9.78. The number of hydrogen-bond donors (Lipinski definition) is 0. The van der Waals surface area contributed by atoms with Crippen LogP contribution < -0.4 is 32.2 Å². The molecule has 40 heavy (non-hydrogen) atoms. The van der Waals surface area contributed by atoms with Crippen LogP contribution in [0, 0.1) is 0 Å². The van der Waals surface area contributed by atoms with Crippen molar-refractivity contribution in [2.45, 2.75) is 13.0 Å². The van der Waals surface area contributed by atoms with Crippen LogP contribution in [-0.2, 0) is 17.1 Å². The molecule has 210 valence electrons. The van der Waals surface area contributed by atoms with Crippen molar-refractivity contribution in [2.24, 2.45) is 0 Å². The summed E-state index contributed by atoms with van der Waals surface area (Å²) in [7, 11) is 2.53. The Hall–Kier alpha value is -2.96. The third kappa shape index (κ3) is 6.84. The second kappa shape index (κ2) is 14.6. The minimum atomic E-state index is -0.991. The van der Waals surface area contributed by atoms with E-state index >= 15 is 0 Å². The van der Waals surface area contributed by atoms with Gasteiger partial charge in [0.05, 0.1) is 12.5 Å². The van der Waals surface area contributed by atoms with Crippen LogP contribution in [0.15, 0.2) is 149 Å². The van der Waals surface area contributed by atoms with E-state index in [-0.39, 0.29) is 23.1 Å². The third-order valence-corrected chi connectivity index (χ3v) is 11.7. The second-order valence-corrected chi connectivity index (χ2v) is 13.6. The van der Waals surface area contributed by atoms with Gasteiger partial charge < -0.3 is 44.1 Å². The van der Waals surface area contributed by atoms with Crippen molar-refractivity contribution in [1.82, 2.24) is 4.90 Å². The summed E-state index contributed by atoms with van der Waals surface area (Å²) < 4.78 is 12.1. The van der Waals surface area contributed by atoms with Gasteiger partial charge >= 0.3 is 0 Å². The minimum absolute atomic E-state index is 0. The molecule has 0 spiro atoms. The first-order chi connectivity index (χ1) is 19.1. The number of nitrogens with zero attached hydrogens (tertiary/aromatic N) is 1. The van der Waals surface area contributed by atoms with Gasteiger partial charge in [0.1, 0.15) is 11.0 Å². The Morgan fingerprint density at radius 3 is 1.52 bits per heavy atom. The normalized spacial score (nSPS) is 11.8. The van der Waals surface area contributed by atoms with Crippen LogP contribution in [0.3, 0.4) is 0 Å². The fourth-order valence-electron chi connectivity index (χ4n) is 4.54. The van der Waals surface area contributed by atoms with Gasteiger partial charge in [0, 0.05) is 25.0 Å². The number of rotatable bonds is 8. The Morgan fingerprint density at radius 2 is 1.12 bits per heavy atom. The maximum Gasteiger partial charge on any atom is 0.135 e. The first-order valence-electron chi connectivity index (χ1n) is 13.0. The van der Waals surface area contributed by atoms with E-state index in [0.29, 0.717) is 0 Å². The Bertz CT molecular complexity index is 1400. The van der Waals surface area contributed by atoms with Gasteiger partial charge in [0.2, 0.25) is 0 Å². The van der Waals surface area contributed by atoms with E-state index in [2.05, 4.69) is 111 Å². The van der Waals surface area contributed by atoms with Gasteiger partial charge in [-0.2, -0.15) is 11.4 Å². The Morgan fingerprint density at radius 1 is 0.650 bits per heavy atom. The van der Waals surface area contributed by atoms with E-state index in [1.54, 1.807) is 12.5 Å². The summed E-state index contributed by atoms with van der Waals surface area (Å²) >= 11 is 0. The topological polar surface area (TPSA) is 29.5 Å². The van der Waals surface area contributed by atoms with Crippen LogP contribution >= 0.6 is 15.8 Å². The zero-order chi connectivity index (χ0) is 27.0. The van der Waals surface area contributed by atoms with Gasteiger partial charge in [-0.3, -0.25) is 0 Å². The van der Waals surface area contributed by atoms with Crippen molar-refractivity contribution in [3.8, 4) is 0 Å². The minimum Gasteiger partial charge on any atom is -0.748 e. The van der Waals surface area contributed by atoms with E-state index in [9.17, 15) is 0 Å². The van der Waals surface area contributed by atoms with E-state index in [4.69, 9.17) is 8.83 Å². The molecular formula is C34H33FeNO2P2-6. The first kappa shape index (κ1) is 30.0. The Balaban J connectivity index is 0.000000557. The van der Waals surface area contributed by atoms with Gasteiger partial charge in [-0.05, 0) is 55.0 Å². The molecule has 3 nitrogen and oxygen atoms in total. The third-order valence-electron chi connectivity index (χ3n) is 6.66. The molecule has 0 aliphatic rings. The predicted molar refractivity (Wildman–Crippen MR) is 168 cm³/mol. The molecule has 0 aliphatic carbocycles. The van der Waals surface area contributed by atoms with E-state index < -0.39 is 15.8 Å². The molecule has 6 rings (SSSR count). The molecule has 4 aromatic carbocycles. The summed E-state index contributed by atoms with van der Waals surface area (Å²) in [6, 6.07) is 44.8. The summed E-state index contributed by atoms with van der Waals surface area (Å²) in [6.45, 7) is 2.27. The molecule has 1 atom stereocenters. The van der Waals surface area contributed by atoms with Crippen LogP contribution in [0.4, 0.5) is 0 Å². The fraction of sp³-hybridized carbons (Fsp3) is 0.118. The molecule has 0 radical (unpaired) electrons. The van der Waals surface area contributed by atoms with Crippen molar-refractivity contribution >= 4 is 48.1 Å². The van der Waals surface area contributed by atoms with Crippen molar-refractivity contribution < 1.29 is 25.9 Å². The van der Waals surface area contributed by atoms with Gasteiger partial charge in [0.25, 0.3) is 0 Å². The molecule has 0 fully saturated rings. The van der Waals surface area contributed by atoms with E-state index in [0.717, 1.165) is 11.0 Å². The SMILES string of the molecule is CC([c-]1ccc(P(c2ccccc2)c2ccccc2)c1P(c1ccco1)c1ccco1)N(C)C.[Fe].[cH-]1[cH-][cH-][cH-][cH-]1. The van der Waals surface area contributed by atoms with Crippen LogP contribution in [-0.4, -0.2) is 19.0 Å². The average molecular weight is 605 g/mol. The molecule has 0 saturated carbocycles. The summed E-state index contributed by atoms with van der Waals surface area (Å²) in [6.07, 6.45) is 3.53. The number of furan rings is 2. The van der Waals surface area contributed by atoms with Crippen molar-refractivity contribution in [3.63, 3.8) is 0 Å². The largest absolute Gasteiger partial charge is 0.748 e. The van der Waals surface area contributed by atoms with E-state index in [1.165, 1.54) is 26.8 Å². The molecule has 6 aromatic rings. The van der Waals surface area contributed by atoms with Crippen LogP contribution in [0.5, 0.6) is 0 Å². The van der Waals surface area contributed by atoms with Crippen LogP contribution in [0.2, 0.25) is 0 Å². The van der Waals surface area contributed by atoms with Crippen LogP contribution in [0.1, 0.15) is 18.5 Å². The summed E-state index contributed by atoms with van der Waals surface area (Å²) in [4.78, 5) is 2.27. The molecule has 0 bridgehead atoms. The monoisotopic (exact) mass is 605 g/mol. The maximum absolute atomic E-state index is 6.05. The Kier molecular flexibility index (Phi) is 11.0. The number of hydrogen-bond acceptors (Lipinski definition) is 3. The standard InChI is InChI=1S/C29H28NO2P2.C5H5.Fe/c1-22(30(2)3)25-18-19-26(29(25)34(27-16-10-20-31-27)28-17-11-21-32-28)33(23-12-6-4-7-13-23)24-14-8-5-9-15-24;1-2-4-5-3-1;/h4-22H,1-3H3;1-5H;/q-1;-5;.